The number of methoxy groups -OCH3 is 1. The van der Waals surface area contributed by atoms with Crippen LogP contribution in [-0.4, -0.2) is 41.3 Å². The fraction of sp³-hybridized carbons (Fsp3) is 0.500. The normalized spacial score (nSPS) is 19.4. The van der Waals surface area contributed by atoms with E-state index in [-0.39, 0.29) is 6.10 Å². The van der Waals surface area contributed by atoms with E-state index in [1.165, 1.54) is 0 Å². The number of likely N-dealkylation sites (tertiary alicyclic amines) is 1. The number of ether oxygens (including phenoxy) is 2. The van der Waals surface area contributed by atoms with Crippen molar-refractivity contribution in [2.24, 2.45) is 5.92 Å². The molecule has 2 atom stereocenters. The Kier molecular flexibility index (Phi) is 5.71. The molecule has 0 spiro atoms. The number of thiazole rings is 1. The monoisotopic (exact) mass is 348 g/mol. The van der Waals surface area contributed by atoms with Crippen LogP contribution in [0.3, 0.4) is 0 Å². The van der Waals surface area contributed by atoms with E-state index in [4.69, 9.17) is 9.47 Å². The molecule has 0 saturated carbocycles. The smallest absolute Gasteiger partial charge is 0.140 e. The van der Waals surface area contributed by atoms with Crippen LogP contribution in [-0.2, 0) is 13.2 Å². The van der Waals surface area contributed by atoms with Crippen molar-refractivity contribution in [2.45, 2.75) is 32.6 Å². The molecule has 2 unspecified atom stereocenters. The van der Waals surface area contributed by atoms with Gasteiger partial charge in [0.15, 0.2) is 0 Å². The standard InChI is InChI=1S/C18H24N2O3S/c1-13(21)14-7-8-20(9-14)10-15-12-24-18(19-15)11-23-17-5-3-16(22-2)4-6-17/h3-6,12-14,21H,7-11H2,1-2H3. The van der Waals surface area contributed by atoms with E-state index >= 15 is 0 Å². The summed E-state index contributed by atoms with van der Waals surface area (Å²) in [5.41, 5.74) is 1.08. The molecule has 2 heterocycles. The summed E-state index contributed by atoms with van der Waals surface area (Å²) in [5.74, 6) is 2.02. The SMILES string of the molecule is COc1ccc(OCc2nc(CN3CCC(C(C)O)C3)cs2)cc1. The first-order valence-corrected chi connectivity index (χ1v) is 9.12. The average Bonchev–Trinajstić information content (AvgIpc) is 3.23. The van der Waals surface area contributed by atoms with Crippen molar-refractivity contribution < 1.29 is 14.6 Å². The number of aliphatic hydroxyl groups is 1. The Bertz CT molecular complexity index is 642. The summed E-state index contributed by atoms with van der Waals surface area (Å²) in [6.07, 6.45) is 0.841. The summed E-state index contributed by atoms with van der Waals surface area (Å²) in [7, 11) is 1.65. The summed E-state index contributed by atoms with van der Waals surface area (Å²) < 4.78 is 10.9. The third kappa shape index (κ3) is 4.47. The number of benzene rings is 1. The summed E-state index contributed by atoms with van der Waals surface area (Å²) in [6, 6.07) is 7.56. The molecule has 2 aromatic rings. The minimum Gasteiger partial charge on any atom is -0.497 e. The van der Waals surface area contributed by atoms with Crippen molar-refractivity contribution >= 4 is 11.3 Å². The molecule has 0 aliphatic carbocycles. The number of aromatic nitrogens is 1. The lowest BCUT2D eigenvalue weighted by Crippen LogP contribution is -2.24. The van der Waals surface area contributed by atoms with E-state index in [0.717, 1.165) is 48.3 Å². The highest BCUT2D eigenvalue weighted by Gasteiger charge is 2.26. The zero-order valence-corrected chi connectivity index (χ0v) is 15.0. The minimum absolute atomic E-state index is 0.223. The molecule has 1 saturated heterocycles. The van der Waals surface area contributed by atoms with Crippen LogP contribution in [0.5, 0.6) is 11.5 Å². The zero-order chi connectivity index (χ0) is 16.9. The van der Waals surface area contributed by atoms with E-state index < -0.39 is 0 Å². The molecule has 0 amide bonds. The largest absolute Gasteiger partial charge is 0.497 e. The second kappa shape index (κ2) is 7.96. The Morgan fingerprint density at radius 3 is 2.75 bits per heavy atom. The fourth-order valence-electron chi connectivity index (χ4n) is 2.93. The van der Waals surface area contributed by atoms with E-state index in [1.54, 1.807) is 18.4 Å². The van der Waals surface area contributed by atoms with Crippen molar-refractivity contribution in [3.05, 3.63) is 40.3 Å². The van der Waals surface area contributed by atoms with Gasteiger partial charge in [0.25, 0.3) is 0 Å². The van der Waals surface area contributed by atoms with E-state index in [0.29, 0.717) is 12.5 Å². The van der Waals surface area contributed by atoms with Crippen molar-refractivity contribution in [3.63, 3.8) is 0 Å². The molecule has 1 aromatic heterocycles. The number of aliphatic hydroxyl groups excluding tert-OH is 1. The summed E-state index contributed by atoms with van der Waals surface area (Å²) in [5, 5.41) is 12.8. The van der Waals surface area contributed by atoms with Gasteiger partial charge in [0.2, 0.25) is 0 Å². The van der Waals surface area contributed by atoms with Gasteiger partial charge in [-0.3, -0.25) is 4.90 Å². The number of hydrogen-bond acceptors (Lipinski definition) is 6. The van der Waals surface area contributed by atoms with Crippen LogP contribution < -0.4 is 9.47 Å². The van der Waals surface area contributed by atoms with Crippen LogP contribution in [0.2, 0.25) is 0 Å². The van der Waals surface area contributed by atoms with E-state index in [2.05, 4.69) is 15.3 Å². The Hall–Kier alpha value is -1.63. The first kappa shape index (κ1) is 17.2. The lowest BCUT2D eigenvalue weighted by molar-refractivity contribution is 0.127. The Morgan fingerprint density at radius 2 is 2.08 bits per heavy atom. The fourth-order valence-corrected chi connectivity index (χ4v) is 3.63. The Morgan fingerprint density at radius 1 is 1.33 bits per heavy atom. The molecule has 5 nitrogen and oxygen atoms in total. The number of nitrogens with zero attached hydrogens (tertiary/aromatic N) is 2. The van der Waals surface area contributed by atoms with Gasteiger partial charge >= 0.3 is 0 Å². The molecule has 1 aliphatic rings. The maximum atomic E-state index is 9.69. The summed E-state index contributed by atoms with van der Waals surface area (Å²) in [4.78, 5) is 7.02. The quantitative estimate of drug-likeness (QED) is 0.834. The molecule has 3 rings (SSSR count). The van der Waals surface area contributed by atoms with Crippen LogP contribution in [0.1, 0.15) is 24.0 Å². The van der Waals surface area contributed by atoms with Crippen LogP contribution in [0.15, 0.2) is 29.6 Å². The van der Waals surface area contributed by atoms with Gasteiger partial charge < -0.3 is 14.6 Å². The lowest BCUT2D eigenvalue weighted by atomic mass is 10.0. The molecule has 1 aliphatic heterocycles. The van der Waals surface area contributed by atoms with Gasteiger partial charge in [0.1, 0.15) is 23.1 Å². The maximum absolute atomic E-state index is 9.69. The second-order valence-electron chi connectivity index (χ2n) is 6.22. The molecule has 1 fully saturated rings. The third-order valence-electron chi connectivity index (χ3n) is 4.40. The predicted molar refractivity (Wildman–Crippen MR) is 94.5 cm³/mol. The third-order valence-corrected chi connectivity index (χ3v) is 5.27. The van der Waals surface area contributed by atoms with Crippen molar-refractivity contribution in [3.8, 4) is 11.5 Å². The van der Waals surface area contributed by atoms with Crippen molar-refractivity contribution in [1.82, 2.24) is 9.88 Å². The number of hydrogen-bond donors (Lipinski definition) is 1. The minimum atomic E-state index is -0.223. The number of rotatable bonds is 7. The molecular formula is C18H24N2O3S. The zero-order valence-electron chi connectivity index (χ0n) is 14.1. The first-order valence-electron chi connectivity index (χ1n) is 8.24. The molecule has 130 valence electrons. The summed E-state index contributed by atoms with van der Waals surface area (Å²) >= 11 is 1.63. The van der Waals surface area contributed by atoms with Gasteiger partial charge in [-0.1, -0.05) is 0 Å². The molecule has 1 aromatic carbocycles. The molecule has 6 heteroatoms. The van der Waals surface area contributed by atoms with Gasteiger partial charge in [-0.25, -0.2) is 4.98 Å². The van der Waals surface area contributed by atoms with Crippen molar-refractivity contribution in [2.75, 3.05) is 20.2 Å². The van der Waals surface area contributed by atoms with E-state index in [9.17, 15) is 5.11 Å². The van der Waals surface area contributed by atoms with Gasteiger partial charge in [-0.15, -0.1) is 11.3 Å². The highest BCUT2D eigenvalue weighted by Crippen LogP contribution is 2.23. The molecular weight excluding hydrogens is 324 g/mol. The van der Waals surface area contributed by atoms with Crippen molar-refractivity contribution in [1.29, 1.82) is 0 Å². The van der Waals surface area contributed by atoms with Gasteiger partial charge in [-0.05, 0) is 50.1 Å². The van der Waals surface area contributed by atoms with E-state index in [1.807, 2.05) is 31.2 Å². The van der Waals surface area contributed by atoms with Crippen LogP contribution in [0.25, 0.3) is 0 Å². The highest BCUT2D eigenvalue weighted by molar-refractivity contribution is 7.09. The predicted octanol–water partition coefficient (Wildman–Crippen LogP) is 2.93. The Labute approximate surface area is 146 Å². The maximum Gasteiger partial charge on any atom is 0.140 e. The van der Waals surface area contributed by atoms with Crippen LogP contribution in [0, 0.1) is 5.92 Å². The molecule has 24 heavy (non-hydrogen) atoms. The topological polar surface area (TPSA) is 54.8 Å². The molecule has 0 radical (unpaired) electrons. The van der Waals surface area contributed by atoms with Gasteiger partial charge in [0.05, 0.1) is 18.9 Å². The molecule has 0 bridgehead atoms. The highest BCUT2D eigenvalue weighted by atomic mass is 32.1. The van der Waals surface area contributed by atoms with Gasteiger partial charge in [-0.2, -0.15) is 0 Å². The Balaban J connectivity index is 1.48. The molecule has 1 N–H and O–H groups in total. The second-order valence-corrected chi connectivity index (χ2v) is 7.16. The van der Waals surface area contributed by atoms with Crippen LogP contribution in [0.4, 0.5) is 0 Å². The van der Waals surface area contributed by atoms with Crippen LogP contribution >= 0.6 is 11.3 Å². The average molecular weight is 348 g/mol. The first-order chi connectivity index (χ1) is 11.6. The van der Waals surface area contributed by atoms with Gasteiger partial charge in [0, 0.05) is 18.5 Å². The lowest BCUT2D eigenvalue weighted by Gasteiger charge is -2.16. The summed E-state index contributed by atoms with van der Waals surface area (Å²) in [6.45, 7) is 5.19.